The molecule has 1 heterocycles. The molecule has 0 aromatic heterocycles. The van der Waals surface area contributed by atoms with E-state index in [2.05, 4.69) is 24.1 Å². The number of rotatable bonds is 5. The van der Waals surface area contributed by atoms with E-state index in [1.807, 2.05) is 0 Å². The second-order valence-corrected chi connectivity index (χ2v) is 5.58. The van der Waals surface area contributed by atoms with Gasteiger partial charge in [0.25, 0.3) is 5.69 Å². The predicted molar refractivity (Wildman–Crippen MR) is 79.6 cm³/mol. The fraction of sp³-hybridized carbons (Fsp3) is 0.600. The summed E-state index contributed by atoms with van der Waals surface area (Å²) in [5.41, 5.74) is 0.483. The highest BCUT2D eigenvalue weighted by Crippen LogP contribution is 2.20. The molecule has 1 aliphatic heterocycles. The number of nitrogens with zero attached hydrogens (tertiary/aromatic N) is 2. The third-order valence-electron chi connectivity index (χ3n) is 4.12. The highest BCUT2D eigenvalue weighted by molar-refractivity contribution is 5.35. The van der Waals surface area contributed by atoms with Crippen LogP contribution in [0.25, 0.3) is 0 Å². The first kappa shape index (κ1) is 15.9. The number of nitro benzene ring substituents is 1. The van der Waals surface area contributed by atoms with Gasteiger partial charge in [0.05, 0.1) is 11.0 Å². The third-order valence-corrected chi connectivity index (χ3v) is 4.12. The van der Waals surface area contributed by atoms with Crippen molar-refractivity contribution in [1.82, 2.24) is 10.2 Å². The van der Waals surface area contributed by atoms with Gasteiger partial charge < -0.3 is 5.32 Å². The summed E-state index contributed by atoms with van der Waals surface area (Å²) in [4.78, 5) is 12.6. The van der Waals surface area contributed by atoms with Gasteiger partial charge in [0.1, 0.15) is 5.82 Å². The van der Waals surface area contributed by atoms with E-state index in [0.29, 0.717) is 24.2 Å². The number of halogens is 1. The normalized spacial score (nSPS) is 23.2. The average Bonchev–Trinajstić information content (AvgIpc) is 2.46. The van der Waals surface area contributed by atoms with Gasteiger partial charge in [0, 0.05) is 37.8 Å². The summed E-state index contributed by atoms with van der Waals surface area (Å²) in [6.45, 7) is 6.61. The molecule has 2 atom stereocenters. The van der Waals surface area contributed by atoms with Crippen LogP contribution in [0.5, 0.6) is 0 Å². The van der Waals surface area contributed by atoms with Crippen LogP contribution in [0.3, 0.4) is 0 Å². The summed E-state index contributed by atoms with van der Waals surface area (Å²) >= 11 is 0. The summed E-state index contributed by atoms with van der Waals surface area (Å²) in [6.07, 6.45) is 2.04. The van der Waals surface area contributed by atoms with Crippen LogP contribution in [0.15, 0.2) is 18.2 Å². The van der Waals surface area contributed by atoms with E-state index in [0.717, 1.165) is 32.0 Å². The van der Waals surface area contributed by atoms with Crippen LogP contribution in [-0.2, 0) is 6.54 Å². The predicted octanol–water partition coefficient (Wildman–Crippen LogP) is 2.70. The van der Waals surface area contributed by atoms with Crippen molar-refractivity contribution in [3.63, 3.8) is 0 Å². The Bertz CT molecular complexity index is 510. The maximum Gasteiger partial charge on any atom is 0.272 e. The van der Waals surface area contributed by atoms with Crippen LogP contribution in [0, 0.1) is 15.9 Å². The van der Waals surface area contributed by atoms with E-state index in [-0.39, 0.29) is 5.69 Å². The molecule has 0 saturated carbocycles. The molecule has 1 fully saturated rings. The monoisotopic (exact) mass is 295 g/mol. The molecule has 116 valence electrons. The summed E-state index contributed by atoms with van der Waals surface area (Å²) in [5, 5.41) is 14.3. The largest absolute Gasteiger partial charge is 0.311 e. The van der Waals surface area contributed by atoms with Gasteiger partial charge in [0.15, 0.2) is 0 Å². The smallest absolute Gasteiger partial charge is 0.272 e. The van der Waals surface area contributed by atoms with Crippen LogP contribution < -0.4 is 5.32 Å². The lowest BCUT2D eigenvalue weighted by Gasteiger charge is -2.40. The number of nitro groups is 1. The second kappa shape index (κ2) is 6.95. The number of piperazine rings is 1. The zero-order valence-electron chi connectivity index (χ0n) is 12.5. The SMILES string of the molecule is CCC1CN(Cc2cc(F)cc([N+](=O)[O-])c2)C(CC)CN1. The van der Waals surface area contributed by atoms with Gasteiger partial charge in [0.2, 0.25) is 0 Å². The standard InChI is InChI=1S/C15H22FN3O2/c1-3-13-10-18(14(4-2)8-17-13)9-11-5-12(16)7-15(6-11)19(20)21/h5-7,13-14,17H,3-4,8-10H2,1-2H3. The Morgan fingerprint density at radius 1 is 1.38 bits per heavy atom. The van der Waals surface area contributed by atoms with Crippen molar-refractivity contribution >= 4 is 5.69 Å². The lowest BCUT2D eigenvalue weighted by molar-refractivity contribution is -0.385. The Labute approximate surface area is 124 Å². The van der Waals surface area contributed by atoms with Crippen molar-refractivity contribution in [1.29, 1.82) is 0 Å². The van der Waals surface area contributed by atoms with E-state index in [4.69, 9.17) is 0 Å². The zero-order chi connectivity index (χ0) is 15.4. The van der Waals surface area contributed by atoms with Gasteiger partial charge in [-0.25, -0.2) is 4.39 Å². The zero-order valence-corrected chi connectivity index (χ0v) is 12.5. The molecule has 21 heavy (non-hydrogen) atoms. The number of hydrogen-bond donors (Lipinski definition) is 1. The minimum atomic E-state index is -0.547. The molecule has 0 bridgehead atoms. The first-order chi connectivity index (χ1) is 10.0. The summed E-state index contributed by atoms with van der Waals surface area (Å²) in [5.74, 6) is -0.547. The number of benzene rings is 1. The van der Waals surface area contributed by atoms with Gasteiger partial charge >= 0.3 is 0 Å². The topological polar surface area (TPSA) is 58.4 Å². The quantitative estimate of drug-likeness (QED) is 0.670. The molecule has 2 unspecified atom stereocenters. The Morgan fingerprint density at radius 3 is 2.76 bits per heavy atom. The molecule has 1 saturated heterocycles. The van der Waals surface area contributed by atoms with Crippen molar-refractivity contribution in [2.75, 3.05) is 13.1 Å². The highest BCUT2D eigenvalue weighted by atomic mass is 19.1. The maximum absolute atomic E-state index is 13.5. The Morgan fingerprint density at radius 2 is 2.14 bits per heavy atom. The molecule has 1 aromatic carbocycles. The number of hydrogen-bond acceptors (Lipinski definition) is 4. The van der Waals surface area contributed by atoms with Gasteiger partial charge in [-0.1, -0.05) is 13.8 Å². The molecule has 0 radical (unpaired) electrons. The number of non-ortho nitro benzene ring substituents is 1. The molecule has 2 rings (SSSR count). The lowest BCUT2D eigenvalue weighted by Crippen LogP contribution is -2.55. The number of nitrogens with one attached hydrogen (secondary N) is 1. The molecule has 0 amide bonds. The molecule has 5 nitrogen and oxygen atoms in total. The molecule has 6 heteroatoms. The Balaban J connectivity index is 2.16. The van der Waals surface area contributed by atoms with Gasteiger partial charge in [-0.3, -0.25) is 15.0 Å². The van der Waals surface area contributed by atoms with Crippen LogP contribution in [0.4, 0.5) is 10.1 Å². The molecule has 1 aromatic rings. The molecule has 0 spiro atoms. The van der Waals surface area contributed by atoms with Crippen LogP contribution in [0.1, 0.15) is 32.3 Å². The van der Waals surface area contributed by atoms with Gasteiger partial charge in [-0.2, -0.15) is 0 Å². The van der Waals surface area contributed by atoms with E-state index < -0.39 is 10.7 Å². The molecular formula is C15H22FN3O2. The molecule has 1 N–H and O–H groups in total. The fourth-order valence-electron chi connectivity index (χ4n) is 2.86. The van der Waals surface area contributed by atoms with Crippen LogP contribution >= 0.6 is 0 Å². The van der Waals surface area contributed by atoms with Crippen LogP contribution in [0.2, 0.25) is 0 Å². The first-order valence-corrected chi connectivity index (χ1v) is 7.44. The summed E-state index contributed by atoms with van der Waals surface area (Å²) in [6, 6.07) is 4.64. The second-order valence-electron chi connectivity index (χ2n) is 5.58. The first-order valence-electron chi connectivity index (χ1n) is 7.44. The van der Waals surface area contributed by atoms with E-state index in [1.165, 1.54) is 12.1 Å². The van der Waals surface area contributed by atoms with Crippen molar-refractivity contribution in [3.05, 3.63) is 39.7 Å². The van der Waals surface area contributed by atoms with E-state index >= 15 is 0 Å². The van der Waals surface area contributed by atoms with E-state index in [9.17, 15) is 14.5 Å². The van der Waals surface area contributed by atoms with Crippen molar-refractivity contribution < 1.29 is 9.31 Å². The summed E-state index contributed by atoms with van der Waals surface area (Å²) in [7, 11) is 0. The lowest BCUT2D eigenvalue weighted by atomic mass is 10.0. The maximum atomic E-state index is 13.5. The third kappa shape index (κ3) is 3.98. The average molecular weight is 295 g/mol. The van der Waals surface area contributed by atoms with Crippen molar-refractivity contribution in [2.24, 2.45) is 0 Å². The van der Waals surface area contributed by atoms with Gasteiger partial charge in [-0.05, 0) is 24.5 Å². The Kier molecular flexibility index (Phi) is 5.25. The van der Waals surface area contributed by atoms with Crippen LogP contribution in [-0.4, -0.2) is 35.0 Å². The molecule has 1 aliphatic rings. The van der Waals surface area contributed by atoms with Crippen molar-refractivity contribution in [2.45, 2.75) is 45.3 Å². The fourth-order valence-corrected chi connectivity index (χ4v) is 2.86. The minimum Gasteiger partial charge on any atom is -0.311 e. The van der Waals surface area contributed by atoms with E-state index in [1.54, 1.807) is 0 Å². The molecular weight excluding hydrogens is 273 g/mol. The van der Waals surface area contributed by atoms with Crippen molar-refractivity contribution in [3.8, 4) is 0 Å². The highest BCUT2D eigenvalue weighted by Gasteiger charge is 2.26. The molecule has 0 aliphatic carbocycles. The van der Waals surface area contributed by atoms with Gasteiger partial charge in [-0.15, -0.1) is 0 Å². The summed E-state index contributed by atoms with van der Waals surface area (Å²) < 4.78 is 13.5. The Hall–Kier alpha value is -1.53. The minimum absolute atomic E-state index is 0.180.